The van der Waals surface area contributed by atoms with Crippen LogP contribution in [0.1, 0.15) is 32.3 Å². The molecular formula is C18H23N5O2S. The molecule has 0 spiro atoms. The van der Waals surface area contributed by atoms with E-state index in [0.717, 1.165) is 25.9 Å². The van der Waals surface area contributed by atoms with E-state index in [2.05, 4.69) is 26.6 Å². The summed E-state index contributed by atoms with van der Waals surface area (Å²) in [4.78, 5) is 30.9. The number of aromatic nitrogens is 1. The van der Waals surface area contributed by atoms with Crippen molar-refractivity contribution in [1.82, 2.24) is 15.6 Å². The SMILES string of the molecule is CC1(C)SC[C@@H](C(=O)NC2CCN(c3ncccc3C#N)CC2)NC1=O. The zero-order valence-corrected chi connectivity index (χ0v) is 15.8. The van der Waals surface area contributed by atoms with Crippen LogP contribution in [0.25, 0.3) is 0 Å². The van der Waals surface area contributed by atoms with Crippen molar-refractivity contribution in [3.63, 3.8) is 0 Å². The number of pyridine rings is 1. The van der Waals surface area contributed by atoms with E-state index in [-0.39, 0.29) is 17.9 Å². The van der Waals surface area contributed by atoms with Gasteiger partial charge in [-0.1, -0.05) is 0 Å². The molecule has 2 saturated heterocycles. The topological polar surface area (TPSA) is 98.1 Å². The first-order valence-electron chi connectivity index (χ1n) is 8.76. The second-order valence-electron chi connectivity index (χ2n) is 7.10. The van der Waals surface area contributed by atoms with E-state index in [4.69, 9.17) is 0 Å². The third-order valence-electron chi connectivity index (χ3n) is 4.83. The Kier molecular flexibility index (Phi) is 5.37. The third-order valence-corrected chi connectivity index (χ3v) is 6.23. The molecule has 2 aliphatic rings. The molecule has 1 aromatic heterocycles. The second-order valence-corrected chi connectivity index (χ2v) is 8.75. The molecule has 0 aliphatic carbocycles. The maximum atomic E-state index is 12.5. The van der Waals surface area contributed by atoms with E-state index in [1.54, 1.807) is 18.3 Å². The number of hydrogen-bond donors (Lipinski definition) is 2. The molecule has 2 amide bonds. The number of hydrogen-bond acceptors (Lipinski definition) is 6. The summed E-state index contributed by atoms with van der Waals surface area (Å²) in [5, 5.41) is 15.1. The third kappa shape index (κ3) is 3.93. The van der Waals surface area contributed by atoms with Crippen LogP contribution in [0.15, 0.2) is 18.3 Å². The molecule has 8 heteroatoms. The molecule has 138 valence electrons. The number of carbonyl (C=O) groups is 2. The molecule has 7 nitrogen and oxygen atoms in total. The Morgan fingerprint density at radius 2 is 2.19 bits per heavy atom. The monoisotopic (exact) mass is 373 g/mol. The molecule has 0 bridgehead atoms. The largest absolute Gasteiger partial charge is 0.355 e. The van der Waals surface area contributed by atoms with Gasteiger partial charge in [0.25, 0.3) is 0 Å². The van der Waals surface area contributed by atoms with Gasteiger partial charge in [-0.05, 0) is 38.8 Å². The van der Waals surface area contributed by atoms with Crippen molar-refractivity contribution in [2.75, 3.05) is 23.7 Å². The van der Waals surface area contributed by atoms with E-state index in [0.29, 0.717) is 17.1 Å². The number of nitrogens with one attached hydrogen (secondary N) is 2. The first kappa shape index (κ1) is 18.5. The number of carbonyl (C=O) groups excluding carboxylic acids is 2. The molecular weight excluding hydrogens is 350 g/mol. The Morgan fingerprint density at radius 3 is 2.85 bits per heavy atom. The van der Waals surface area contributed by atoms with E-state index >= 15 is 0 Å². The molecule has 0 aromatic carbocycles. The van der Waals surface area contributed by atoms with Crippen molar-refractivity contribution in [2.24, 2.45) is 0 Å². The molecule has 2 aliphatic heterocycles. The van der Waals surface area contributed by atoms with Gasteiger partial charge in [-0.15, -0.1) is 11.8 Å². The fourth-order valence-corrected chi connectivity index (χ4v) is 4.15. The van der Waals surface area contributed by atoms with Crippen molar-refractivity contribution in [2.45, 2.75) is 43.5 Å². The maximum absolute atomic E-state index is 12.5. The minimum absolute atomic E-state index is 0.0739. The first-order valence-corrected chi connectivity index (χ1v) is 9.74. The molecule has 0 saturated carbocycles. The highest BCUT2D eigenvalue weighted by atomic mass is 32.2. The van der Waals surface area contributed by atoms with Crippen LogP contribution in [0.3, 0.4) is 0 Å². The van der Waals surface area contributed by atoms with Crippen molar-refractivity contribution in [1.29, 1.82) is 5.26 Å². The average molecular weight is 373 g/mol. The fraction of sp³-hybridized carbons (Fsp3) is 0.556. The van der Waals surface area contributed by atoms with Crippen molar-refractivity contribution in [3.8, 4) is 6.07 Å². The lowest BCUT2D eigenvalue weighted by Gasteiger charge is -2.36. The maximum Gasteiger partial charge on any atom is 0.243 e. The summed E-state index contributed by atoms with van der Waals surface area (Å²) in [6.07, 6.45) is 3.26. The van der Waals surface area contributed by atoms with E-state index in [9.17, 15) is 14.9 Å². The van der Waals surface area contributed by atoms with Crippen LogP contribution in [-0.4, -0.2) is 52.5 Å². The zero-order chi connectivity index (χ0) is 18.7. The molecule has 3 heterocycles. The fourth-order valence-electron chi connectivity index (χ4n) is 3.15. The molecule has 2 N–H and O–H groups in total. The smallest absolute Gasteiger partial charge is 0.243 e. The minimum Gasteiger partial charge on any atom is -0.355 e. The lowest BCUT2D eigenvalue weighted by Crippen LogP contribution is -2.59. The predicted molar refractivity (Wildman–Crippen MR) is 101 cm³/mol. The van der Waals surface area contributed by atoms with Gasteiger partial charge in [0.2, 0.25) is 11.8 Å². The van der Waals surface area contributed by atoms with Crippen molar-refractivity contribution < 1.29 is 9.59 Å². The summed E-state index contributed by atoms with van der Waals surface area (Å²) >= 11 is 1.51. The van der Waals surface area contributed by atoms with Gasteiger partial charge in [-0.25, -0.2) is 4.98 Å². The second kappa shape index (κ2) is 7.54. The Bertz CT molecular complexity index is 737. The van der Waals surface area contributed by atoms with Crippen LogP contribution in [-0.2, 0) is 9.59 Å². The van der Waals surface area contributed by atoms with Crippen LogP contribution in [0.5, 0.6) is 0 Å². The van der Waals surface area contributed by atoms with Gasteiger partial charge in [-0.3, -0.25) is 9.59 Å². The van der Waals surface area contributed by atoms with Gasteiger partial charge in [0, 0.05) is 31.1 Å². The Labute approximate surface area is 157 Å². The summed E-state index contributed by atoms with van der Waals surface area (Å²) in [5.74, 6) is 1.08. The number of piperidine rings is 1. The number of anilines is 1. The number of nitriles is 1. The molecule has 1 atom stereocenters. The van der Waals surface area contributed by atoms with Gasteiger partial charge >= 0.3 is 0 Å². The van der Waals surface area contributed by atoms with Crippen molar-refractivity contribution in [3.05, 3.63) is 23.9 Å². The predicted octanol–water partition coefficient (Wildman–Crippen LogP) is 1.05. The van der Waals surface area contributed by atoms with Gasteiger partial charge in [0.05, 0.1) is 10.3 Å². The van der Waals surface area contributed by atoms with Gasteiger partial charge in [0.1, 0.15) is 17.9 Å². The normalized spacial score (nSPS) is 23.0. The number of thioether (sulfide) groups is 1. The molecule has 1 aromatic rings. The van der Waals surface area contributed by atoms with E-state index in [1.807, 2.05) is 13.8 Å². The standard InChI is InChI=1S/C18H23N5O2S/c1-18(2)17(25)22-14(11-26-18)16(24)21-13-5-8-23(9-6-13)15-12(10-19)4-3-7-20-15/h3-4,7,13-14H,5-6,8-9,11H2,1-2H3,(H,21,24)(H,22,25)/t14-/m0/s1. The summed E-state index contributed by atoms with van der Waals surface area (Å²) in [6, 6.07) is 5.30. The summed E-state index contributed by atoms with van der Waals surface area (Å²) < 4.78 is -0.483. The highest BCUT2D eigenvalue weighted by Crippen LogP contribution is 2.29. The van der Waals surface area contributed by atoms with Crippen LogP contribution in [0, 0.1) is 11.3 Å². The van der Waals surface area contributed by atoms with Crippen LogP contribution >= 0.6 is 11.8 Å². The van der Waals surface area contributed by atoms with Gasteiger partial charge < -0.3 is 15.5 Å². The van der Waals surface area contributed by atoms with Crippen molar-refractivity contribution >= 4 is 29.4 Å². The van der Waals surface area contributed by atoms with Gasteiger partial charge in [-0.2, -0.15) is 5.26 Å². The highest BCUT2D eigenvalue weighted by Gasteiger charge is 2.38. The summed E-state index contributed by atoms with van der Waals surface area (Å²) in [6.45, 7) is 5.19. The zero-order valence-electron chi connectivity index (χ0n) is 15.0. The first-order chi connectivity index (χ1) is 12.4. The average Bonchev–Trinajstić information content (AvgIpc) is 2.64. The quantitative estimate of drug-likeness (QED) is 0.822. The van der Waals surface area contributed by atoms with E-state index < -0.39 is 10.8 Å². The minimum atomic E-state index is -0.483. The number of rotatable bonds is 3. The summed E-state index contributed by atoms with van der Waals surface area (Å²) in [5.41, 5.74) is 0.569. The van der Waals surface area contributed by atoms with Gasteiger partial charge in [0.15, 0.2) is 0 Å². The molecule has 0 radical (unpaired) electrons. The summed E-state index contributed by atoms with van der Waals surface area (Å²) in [7, 11) is 0. The lowest BCUT2D eigenvalue weighted by atomic mass is 10.0. The van der Waals surface area contributed by atoms with Crippen LogP contribution in [0.2, 0.25) is 0 Å². The Morgan fingerprint density at radius 1 is 1.46 bits per heavy atom. The number of nitrogens with zero attached hydrogens (tertiary/aromatic N) is 3. The molecule has 3 rings (SSSR count). The molecule has 2 fully saturated rings. The Balaban J connectivity index is 1.52. The molecule has 26 heavy (non-hydrogen) atoms. The van der Waals surface area contributed by atoms with E-state index in [1.165, 1.54) is 11.8 Å². The lowest BCUT2D eigenvalue weighted by molar-refractivity contribution is -0.130. The highest BCUT2D eigenvalue weighted by molar-refractivity contribution is 8.01. The Hall–Kier alpha value is -2.27. The van der Waals surface area contributed by atoms with Crippen LogP contribution in [0.4, 0.5) is 5.82 Å². The number of amides is 2. The molecule has 0 unspecified atom stereocenters. The van der Waals surface area contributed by atoms with Crippen LogP contribution < -0.4 is 15.5 Å².